The summed E-state index contributed by atoms with van der Waals surface area (Å²) in [6, 6.07) is 7.82. The minimum Gasteiger partial charge on any atom is -0.396 e. The van der Waals surface area contributed by atoms with E-state index in [1.807, 2.05) is 0 Å². The van der Waals surface area contributed by atoms with Crippen molar-refractivity contribution in [3.05, 3.63) is 35.9 Å². The predicted octanol–water partition coefficient (Wildman–Crippen LogP) is 2.94. The van der Waals surface area contributed by atoms with Gasteiger partial charge in [-0.25, -0.2) is 8.78 Å². The molecule has 2 rings (SSSR count). The smallest absolute Gasteiger partial charge is 0.273 e. The molecule has 0 atom stereocenters. The third kappa shape index (κ3) is 2.17. The number of alkyl halides is 2. The predicted molar refractivity (Wildman–Crippen MR) is 53.7 cm³/mol. The van der Waals surface area contributed by atoms with Crippen LogP contribution in [-0.4, -0.2) is 11.7 Å². The first-order valence-corrected chi connectivity index (χ1v) is 5.12. The largest absolute Gasteiger partial charge is 0.396 e. The van der Waals surface area contributed by atoms with Crippen LogP contribution in [0.15, 0.2) is 30.3 Å². The number of aliphatic hydroxyl groups excluding tert-OH is 1. The van der Waals surface area contributed by atoms with Gasteiger partial charge in [-0.15, -0.1) is 0 Å². The number of aliphatic hydroxyl groups is 1. The summed E-state index contributed by atoms with van der Waals surface area (Å²) < 4.78 is 27.5. The number of hydrogen-bond donors (Lipinski definition) is 1. The lowest BCUT2D eigenvalue weighted by molar-refractivity contribution is -0.0417. The number of halogens is 2. The Morgan fingerprint density at radius 3 is 2.27 bits per heavy atom. The Bertz CT molecular complexity index is 331. The van der Waals surface area contributed by atoms with Gasteiger partial charge in [0.25, 0.3) is 5.92 Å². The van der Waals surface area contributed by atoms with Crippen molar-refractivity contribution >= 4 is 0 Å². The first-order chi connectivity index (χ1) is 7.08. The Balaban J connectivity index is 2.13. The van der Waals surface area contributed by atoms with Gasteiger partial charge in [0.2, 0.25) is 0 Å². The Morgan fingerprint density at radius 2 is 1.80 bits per heavy atom. The number of rotatable bonds is 4. The molecule has 1 aromatic rings. The molecule has 0 amide bonds. The molecule has 0 unspecified atom stereocenters. The second-order valence-corrected chi connectivity index (χ2v) is 4.41. The van der Waals surface area contributed by atoms with Gasteiger partial charge in [-0.1, -0.05) is 30.3 Å². The zero-order valence-electron chi connectivity index (χ0n) is 8.42. The van der Waals surface area contributed by atoms with Crippen molar-refractivity contribution in [3.63, 3.8) is 0 Å². The molecule has 82 valence electrons. The fourth-order valence-electron chi connectivity index (χ4n) is 1.82. The molecule has 0 aliphatic heterocycles. The zero-order valence-corrected chi connectivity index (χ0v) is 8.42. The van der Waals surface area contributed by atoms with Crippen LogP contribution in [0.5, 0.6) is 0 Å². The van der Waals surface area contributed by atoms with E-state index in [0.717, 1.165) is 0 Å². The minimum absolute atomic E-state index is 0.0460. The van der Waals surface area contributed by atoms with Crippen molar-refractivity contribution in [2.24, 2.45) is 5.41 Å². The van der Waals surface area contributed by atoms with E-state index in [9.17, 15) is 8.78 Å². The summed E-state index contributed by atoms with van der Waals surface area (Å²) in [5.74, 6) is -2.82. The molecule has 1 aliphatic carbocycles. The molecular weight excluding hydrogens is 198 g/mol. The standard InChI is InChI=1S/C12H14F2O/c13-12(14,8-11(9-15)6-7-11)10-4-2-1-3-5-10/h1-5,15H,6-9H2. The van der Waals surface area contributed by atoms with E-state index in [1.54, 1.807) is 18.2 Å². The second-order valence-electron chi connectivity index (χ2n) is 4.41. The third-order valence-corrected chi connectivity index (χ3v) is 3.09. The first kappa shape index (κ1) is 10.6. The van der Waals surface area contributed by atoms with Crippen LogP contribution >= 0.6 is 0 Å². The van der Waals surface area contributed by atoms with Gasteiger partial charge < -0.3 is 5.11 Å². The van der Waals surface area contributed by atoms with Gasteiger partial charge in [-0.2, -0.15) is 0 Å². The van der Waals surface area contributed by atoms with E-state index < -0.39 is 11.3 Å². The summed E-state index contributed by atoms with van der Waals surface area (Å²) in [5, 5.41) is 9.03. The molecule has 15 heavy (non-hydrogen) atoms. The summed E-state index contributed by atoms with van der Waals surface area (Å²) in [7, 11) is 0. The Kier molecular flexibility index (Phi) is 2.51. The van der Waals surface area contributed by atoms with Gasteiger partial charge in [-0.3, -0.25) is 0 Å². The van der Waals surface area contributed by atoms with Crippen LogP contribution in [0.1, 0.15) is 24.8 Å². The molecule has 1 aromatic carbocycles. The SMILES string of the molecule is OCC1(CC(F)(F)c2ccccc2)CC1. The Morgan fingerprint density at radius 1 is 1.20 bits per heavy atom. The molecule has 1 nitrogen and oxygen atoms in total. The van der Waals surface area contributed by atoms with E-state index in [1.165, 1.54) is 12.1 Å². The quantitative estimate of drug-likeness (QED) is 0.813. The lowest BCUT2D eigenvalue weighted by Crippen LogP contribution is -2.21. The maximum atomic E-state index is 13.8. The highest BCUT2D eigenvalue weighted by Gasteiger charge is 2.50. The van der Waals surface area contributed by atoms with Gasteiger partial charge in [0.05, 0.1) is 0 Å². The molecular formula is C12H14F2O. The molecule has 3 heteroatoms. The summed E-state index contributed by atoms with van der Waals surface area (Å²) in [4.78, 5) is 0. The summed E-state index contributed by atoms with van der Waals surface area (Å²) in [5.41, 5.74) is -0.469. The van der Waals surface area contributed by atoms with Crippen molar-refractivity contribution in [2.45, 2.75) is 25.2 Å². The lowest BCUT2D eigenvalue weighted by Gasteiger charge is -2.21. The molecule has 1 aliphatic rings. The van der Waals surface area contributed by atoms with Crippen molar-refractivity contribution < 1.29 is 13.9 Å². The molecule has 0 saturated heterocycles. The summed E-state index contributed by atoms with van der Waals surface area (Å²) >= 11 is 0. The molecule has 0 heterocycles. The van der Waals surface area contributed by atoms with E-state index >= 15 is 0 Å². The number of hydrogen-bond acceptors (Lipinski definition) is 1. The second kappa shape index (κ2) is 3.56. The van der Waals surface area contributed by atoms with Crippen LogP contribution in [0.4, 0.5) is 8.78 Å². The normalized spacial score (nSPS) is 18.9. The molecule has 0 bridgehead atoms. The van der Waals surface area contributed by atoms with Crippen molar-refractivity contribution in [1.82, 2.24) is 0 Å². The van der Waals surface area contributed by atoms with Crippen LogP contribution in [0.2, 0.25) is 0 Å². The van der Waals surface area contributed by atoms with Gasteiger partial charge in [-0.05, 0) is 18.3 Å². The zero-order chi connectivity index (χ0) is 10.9. The third-order valence-electron chi connectivity index (χ3n) is 3.09. The monoisotopic (exact) mass is 212 g/mol. The highest BCUT2D eigenvalue weighted by molar-refractivity contribution is 5.21. The van der Waals surface area contributed by atoms with E-state index in [0.29, 0.717) is 12.8 Å². The molecule has 1 N–H and O–H groups in total. The summed E-state index contributed by atoms with van der Waals surface area (Å²) in [6.07, 6.45) is 1.19. The molecule has 1 fully saturated rings. The van der Waals surface area contributed by atoms with Crippen LogP contribution < -0.4 is 0 Å². The fraction of sp³-hybridized carbons (Fsp3) is 0.500. The van der Waals surface area contributed by atoms with Crippen molar-refractivity contribution in [1.29, 1.82) is 0 Å². The van der Waals surface area contributed by atoms with E-state index in [2.05, 4.69) is 0 Å². The van der Waals surface area contributed by atoms with Crippen LogP contribution in [-0.2, 0) is 5.92 Å². The topological polar surface area (TPSA) is 20.2 Å². The van der Waals surface area contributed by atoms with E-state index in [4.69, 9.17) is 5.11 Å². The van der Waals surface area contributed by atoms with Crippen molar-refractivity contribution in [3.8, 4) is 0 Å². The highest BCUT2D eigenvalue weighted by atomic mass is 19.3. The van der Waals surface area contributed by atoms with Gasteiger partial charge in [0.1, 0.15) is 0 Å². The van der Waals surface area contributed by atoms with Gasteiger partial charge in [0, 0.05) is 18.6 Å². The minimum atomic E-state index is -2.82. The first-order valence-electron chi connectivity index (χ1n) is 5.12. The molecule has 0 aromatic heterocycles. The fourth-order valence-corrected chi connectivity index (χ4v) is 1.82. The van der Waals surface area contributed by atoms with Gasteiger partial charge in [0.15, 0.2) is 0 Å². The average molecular weight is 212 g/mol. The van der Waals surface area contributed by atoms with E-state index in [-0.39, 0.29) is 18.6 Å². The maximum Gasteiger partial charge on any atom is 0.273 e. The molecule has 1 saturated carbocycles. The van der Waals surface area contributed by atoms with Crippen LogP contribution in [0, 0.1) is 5.41 Å². The molecule has 0 radical (unpaired) electrons. The van der Waals surface area contributed by atoms with Crippen LogP contribution in [0.25, 0.3) is 0 Å². The summed E-state index contributed by atoms with van der Waals surface area (Å²) in [6.45, 7) is -0.130. The molecule has 0 spiro atoms. The van der Waals surface area contributed by atoms with Crippen LogP contribution in [0.3, 0.4) is 0 Å². The Hall–Kier alpha value is -0.960. The highest BCUT2D eigenvalue weighted by Crippen LogP contribution is 2.54. The van der Waals surface area contributed by atoms with Gasteiger partial charge >= 0.3 is 0 Å². The maximum absolute atomic E-state index is 13.8. The number of benzene rings is 1. The Labute approximate surface area is 87.7 Å². The average Bonchev–Trinajstić information content (AvgIpc) is 2.99. The lowest BCUT2D eigenvalue weighted by atomic mass is 9.94. The van der Waals surface area contributed by atoms with Crippen molar-refractivity contribution in [2.75, 3.05) is 6.61 Å².